The van der Waals surface area contributed by atoms with Gasteiger partial charge >= 0.3 is 0 Å². The zero-order chi connectivity index (χ0) is 24.4. The average Bonchev–Trinajstić information content (AvgIpc) is 2.80. The van der Waals surface area contributed by atoms with Crippen LogP contribution >= 0.6 is 23.2 Å². The maximum atomic E-state index is 13.1. The van der Waals surface area contributed by atoms with Crippen molar-refractivity contribution in [3.63, 3.8) is 0 Å². The van der Waals surface area contributed by atoms with Crippen molar-refractivity contribution < 1.29 is 19.1 Å². The second kappa shape index (κ2) is 13.3. The van der Waals surface area contributed by atoms with Gasteiger partial charge in [0, 0.05) is 19.5 Å². The van der Waals surface area contributed by atoms with Crippen molar-refractivity contribution >= 4 is 35.0 Å². The first-order chi connectivity index (χ1) is 15.7. The van der Waals surface area contributed by atoms with Crippen molar-refractivity contribution in [1.29, 1.82) is 0 Å². The van der Waals surface area contributed by atoms with Gasteiger partial charge in [-0.3, -0.25) is 9.59 Å². The molecule has 2 aromatic carbocycles. The van der Waals surface area contributed by atoms with E-state index < -0.39 is 6.04 Å². The zero-order valence-corrected chi connectivity index (χ0v) is 21.1. The van der Waals surface area contributed by atoms with E-state index in [1.807, 2.05) is 38.1 Å². The normalized spacial score (nSPS) is 11.7. The lowest BCUT2D eigenvalue weighted by Crippen LogP contribution is -2.48. The number of hydrogen-bond donors (Lipinski definition) is 1. The van der Waals surface area contributed by atoms with E-state index in [2.05, 4.69) is 5.32 Å². The van der Waals surface area contributed by atoms with Gasteiger partial charge in [-0.05, 0) is 61.2 Å². The van der Waals surface area contributed by atoms with Crippen molar-refractivity contribution in [3.8, 4) is 11.5 Å². The van der Waals surface area contributed by atoms with Crippen LogP contribution in [0.1, 0.15) is 39.2 Å². The van der Waals surface area contributed by atoms with Crippen LogP contribution in [0.3, 0.4) is 0 Å². The molecule has 1 N–H and O–H groups in total. The van der Waals surface area contributed by atoms with Gasteiger partial charge in [-0.2, -0.15) is 0 Å². The number of carbonyl (C=O) groups excluding carboxylic acids is 2. The zero-order valence-electron chi connectivity index (χ0n) is 19.6. The summed E-state index contributed by atoms with van der Waals surface area (Å²) in [6.07, 6.45) is 0.766. The standard InChI is InChI=1S/C25H32Cl2N2O4/c1-17(2)15-28-25(31)18(3)29(16-19-7-12-22(26)23(27)14-19)24(30)6-5-13-33-21-10-8-20(32-4)9-11-21/h7-12,14,17-18H,5-6,13,15-16H2,1-4H3,(H,28,31)/t18-/m1/s1. The summed E-state index contributed by atoms with van der Waals surface area (Å²) in [7, 11) is 1.61. The van der Waals surface area contributed by atoms with E-state index >= 15 is 0 Å². The molecule has 1 atom stereocenters. The Kier molecular flexibility index (Phi) is 10.8. The number of benzene rings is 2. The first-order valence-corrected chi connectivity index (χ1v) is 11.7. The molecule has 33 heavy (non-hydrogen) atoms. The molecule has 2 rings (SSSR count). The number of amides is 2. The Bertz CT molecular complexity index is 919. The van der Waals surface area contributed by atoms with Crippen LogP contribution in [0.2, 0.25) is 10.0 Å². The maximum absolute atomic E-state index is 13.1. The Morgan fingerprint density at radius 2 is 1.67 bits per heavy atom. The van der Waals surface area contributed by atoms with Gasteiger partial charge < -0.3 is 19.7 Å². The maximum Gasteiger partial charge on any atom is 0.242 e. The van der Waals surface area contributed by atoms with Gasteiger partial charge in [-0.25, -0.2) is 0 Å². The second-order valence-electron chi connectivity index (χ2n) is 8.21. The molecular weight excluding hydrogens is 463 g/mol. The number of halogens is 2. The van der Waals surface area contributed by atoms with Gasteiger partial charge in [0.1, 0.15) is 17.5 Å². The number of rotatable bonds is 12. The van der Waals surface area contributed by atoms with Crippen molar-refractivity contribution in [2.24, 2.45) is 5.92 Å². The highest BCUT2D eigenvalue weighted by molar-refractivity contribution is 6.42. The molecule has 6 nitrogen and oxygen atoms in total. The van der Waals surface area contributed by atoms with Crippen molar-refractivity contribution in [2.75, 3.05) is 20.3 Å². The number of ether oxygens (including phenoxy) is 2. The highest BCUT2D eigenvalue weighted by Gasteiger charge is 2.26. The summed E-state index contributed by atoms with van der Waals surface area (Å²) in [6.45, 7) is 6.96. The number of carbonyl (C=O) groups is 2. The van der Waals surface area contributed by atoms with E-state index in [-0.39, 0.29) is 24.8 Å². The Morgan fingerprint density at radius 1 is 1.00 bits per heavy atom. The van der Waals surface area contributed by atoms with E-state index in [9.17, 15) is 9.59 Å². The molecule has 0 saturated carbocycles. The van der Waals surface area contributed by atoms with Crippen LogP contribution in [0.15, 0.2) is 42.5 Å². The summed E-state index contributed by atoms with van der Waals surface area (Å²) in [5, 5.41) is 3.76. The Hall–Kier alpha value is -2.44. The van der Waals surface area contributed by atoms with Crippen LogP contribution in [0, 0.1) is 5.92 Å². The van der Waals surface area contributed by atoms with E-state index in [1.165, 1.54) is 0 Å². The molecule has 0 aromatic heterocycles. The number of methoxy groups -OCH3 is 1. The predicted octanol–water partition coefficient (Wildman–Crippen LogP) is 5.35. The lowest BCUT2D eigenvalue weighted by atomic mass is 10.1. The topological polar surface area (TPSA) is 67.9 Å². The largest absolute Gasteiger partial charge is 0.497 e. The number of nitrogens with one attached hydrogen (secondary N) is 1. The monoisotopic (exact) mass is 494 g/mol. The van der Waals surface area contributed by atoms with Gasteiger partial charge in [0.25, 0.3) is 0 Å². The molecule has 0 bridgehead atoms. The summed E-state index contributed by atoms with van der Waals surface area (Å²) in [6, 6.07) is 11.8. The SMILES string of the molecule is COc1ccc(OCCCC(=O)N(Cc2ccc(Cl)c(Cl)c2)[C@H](C)C(=O)NCC(C)C)cc1. The second-order valence-corrected chi connectivity index (χ2v) is 9.03. The van der Waals surface area contributed by atoms with Crippen LogP contribution in [0.25, 0.3) is 0 Å². The molecule has 0 radical (unpaired) electrons. The summed E-state index contributed by atoms with van der Waals surface area (Å²) in [4.78, 5) is 27.3. The smallest absolute Gasteiger partial charge is 0.242 e. The van der Waals surface area contributed by atoms with Gasteiger partial charge in [0.2, 0.25) is 11.8 Å². The Balaban J connectivity index is 2.01. The molecule has 0 spiro atoms. The van der Waals surface area contributed by atoms with Crippen LogP contribution in [-0.4, -0.2) is 43.0 Å². The molecule has 0 aliphatic heterocycles. The summed E-state index contributed by atoms with van der Waals surface area (Å²) in [5.74, 6) is 1.45. The minimum absolute atomic E-state index is 0.133. The van der Waals surface area contributed by atoms with Crippen LogP contribution in [0.5, 0.6) is 11.5 Å². The Labute approximate surface area is 206 Å². The van der Waals surface area contributed by atoms with Crippen LogP contribution in [0.4, 0.5) is 0 Å². The fourth-order valence-electron chi connectivity index (χ4n) is 3.10. The minimum Gasteiger partial charge on any atom is -0.497 e. The average molecular weight is 495 g/mol. The number of nitrogens with zero attached hydrogens (tertiary/aromatic N) is 1. The first kappa shape index (κ1) is 26.8. The molecule has 0 unspecified atom stereocenters. The van der Waals surface area contributed by atoms with Crippen LogP contribution < -0.4 is 14.8 Å². The van der Waals surface area contributed by atoms with Gasteiger partial charge in [-0.1, -0.05) is 43.1 Å². The summed E-state index contributed by atoms with van der Waals surface area (Å²) >= 11 is 12.2. The third-order valence-electron chi connectivity index (χ3n) is 5.05. The van der Waals surface area contributed by atoms with E-state index in [0.717, 1.165) is 11.3 Å². The fraction of sp³-hybridized carbons (Fsp3) is 0.440. The van der Waals surface area contributed by atoms with E-state index in [1.54, 1.807) is 37.1 Å². The van der Waals surface area contributed by atoms with Crippen molar-refractivity contribution in [3.05, 3.63) is 58.1 Å². The molecule has 0 aliphatic rings. The number of hydrogen-bond acceptors (Lipinski definition) is 4. The Morgan fingerprint density at radius 3 is 2.27 bits per heavy atom. The van der Waals surface area contributed by atoms with Crippen LogP contribution in [-0.2, 0) is 16.1 Å². The van der Waals surface area contributed by atoms with E-state index in [0.29, 0.717) is 41.3 Å². The molecule has 2 aromatic rings. The lowest BCUT2D eigenvalue weighted by molar-refractivity contribution is -0.140. The quantitative estimate of drug-likeness (QED) is 0.403. The minimum atomic E-state index is -0.631. The molecule has 180 valence electrons. The molecule has 2 amide bonds. The molecule has 0 fully saturated rings. The third-order valence-corrected chi connectivity index (χ3v) is 5.79. The van der Waals surface area contributed by atoms with Crippen molar-refractivity contribution in [2.45, 2.75) is 46.2 Å². The molecule has 0 saturated heterocycles. The summed E-state index contributed by atoms with van der Waals surface area (Å²) < 4.78 is 10.9. The third kappa shape index (κ3) is 8.78. The molecule has 8 heteroatoms. The van der Waals surface area contributed by atoms with E-state index in [4.69, 9.17) is 32.7 Å². The fourth-order valence-corrected chi connectivity index (χ4v) is 3.42. The highest BCUT2D eigenvalue weighted by Crippen LogP contribution is 2.24. The van der Waals surface area contributed by atoms with Gasteiger partial charge in [-0.15, -0.1) is 0 Å². The lowest BCUT2D eigenvalue weighted by Gasteiger charge is -2.29. The molecular formula is C25H32Cl2N2O4. The van der Waals surface area contributed by atoms with Crippen molar-refractivity contribution in [1.82, 2.24) is 10.2 Å². The molecule has 0 aliphatic carbocycles. The summed E-state index contributed by atoms with van der Waals surface area (Å²) in [5.41, 5.74) is 0.802. The molecule has 0 heterocycles. The van der Waals surface area contributed by atoms with Gasteiger partial charge in [0.15, 0.2) is 0 Å². The first-order valence-electron chi connectivity index (χ1n) is 11.0. The highest BCUT2D eigenvalue weighted by atomic mass is 35.5. The van der Waals surface area contributed by atoms with Gasteiger partial charge in [0.05, 0.1) is 23.8 Å². The predicted molar refractivity (Wildman–Crippen MR) is 132 cm³/mol.